The molecule has 3 rings (SSSR count). The lowest BCUT2D eigenvalue weighted by Gasteiger charge is -2.19. The number of nitrogens with zero attached hydrogens (tertiary/aromatic N) is 5. The highest BCUT2D eigenvalue weighted by atomic mass is 16.5. The molecule has 0 aliphatic carbocycles. The summed E-state index contributed by atoms with van der Waals surface area (Å²) < 4.78 is 7.20. The maximum absolute atomic E-state index is 5.43. The van der Waals surface area contributed by atoms with Crippen molar-refractivity contribution < 1.29 is 4.52 Å². The van der Waals surface area contributed by atoms with Gasteiger partial charge >= 0.3 is 0 Å². The molecule has 3 heterocycles. The van der Waals surface area contributed by atoms with Crippen LogP contribution in [0.1, 0.15) is 57.9 Å². The predicted molar refractivity (Wildman–Crippen MR) is 92.9 cm³/mol. The first-order valence-electron chi connectivity index (χ1n) is 8.22. The van der Waals surface area contributed by atoms with E-state index in [2.05, 4.69) is 48.3 Å². The molecule has 3 aromatic heterocycles. The monoisotopic (exact) mass is 328 g/mol. The van der Waals surface area contributed by atoms with E-state index in [1.54, 1.807) is 10.9 Å². The van der Waals surface area contributed by atoms with Crippen molar-refractivity contribution in [2.75, 3.05) is 5.32 Å². The van der Waals surface area contributed by atoms with Crippen molar-refractivity contribution in [3.8, 4) is 0 Å². The van der Waals surface area contributed by atoms with Gasteiger partial charge in [-0.05, 0) is 13.3 Å². The van der Waals surface area contributed by atoms with Gasteiger partial charge in [0.1, 0.15) is 11.6 Å². The number of fused-ring (bicyclic) bond motifs is 1. The van der Waals surface area contributed by atoms with Crippen molar-refractivity contribution in [2.24, 2.45) is 7.05 Å². The number of hydrogen-bond donors (Lipinski definition) is 1. The molecule has 0 aliphatic heterocycles. The molecular formula is C17H24N6O. The third-order valence-electron chi connectivity index (χ3n) is 3.98. The minimum atomic E-state index is -0.153. The molecule has 0 bridgehead atoms. The molecule has 0 radical (unpaired) electrons. The molecule has 1 N–H and O–H groups in total. The van der Waals surface area contributed by atoms with Crippen LogP contribution in [-0.4, -0.2) is 24.9 Å². The molecule has 7 nitrogen and oxygen atoms in total. The second-order valence-electron chi connectivity index (χ2n) is 7.09. The molecule has 3 aromatic rings. The summed E-state index contributed by atoms with van der Waals surface area (Å²) in [6, 6.07) is 1.92. The van der Waals surface area contributed by atoms with Gasteiger partial charge in [-0.15, -0.1) is 0 Å². The van der Waals surface area contributed by atoms with Gasteiger partial charge in [0.25, 0.3) is 0 Å². The van der Waals surface area contributed by atoms with Gasteiger partial charge in [-0.1, -0.05) is 32.9 Å². The summed E-state index contributed by atoms with van der Waals surface area (Å²) in [5.74, 6) is 2.33. The average Bonchev–Trinajstić information content (AvgIpc) is 3.14. The zero-order valence-corrected chi connectivity index (χ0v) is 15.1. The number of anilines is 1. The molecule has 0 aromatic carbocycles. The Bertz CT molecular complexity index is 858. The molecule has 0 aliphatic rings. The van der Waals surface area contributed by atoms with Crippen LogP contribution in [0.25, 0.3) is 11.0 Å². The quantitative estimate of drug-likeness (QED) is 0.790. The number of aromatic nitrogens is 5. The largest absolute Gasteiger partial charge is 0.360 e. The number of rotatable bonds is 4. The van der Waals surface area contributed by atoms with Crippen molar-refractivity contribution >= 4 is 16.9 Å². The normalized spacial score (nSPS) is 13.4. The Morgan fingerprint density at radius 1 is 1.29 bits per heavy atom. The van der Waals surface area contributed by atoms with Crippen LogP contribution in [0.15, 0.2) is 16.8 Å². The molecule has 24 heavy (non-hydrogen) atoms. The van der Waals surface area contributed by atoms with Crippen LogP contribution in [0.5, 0.6) is 0 Å². The Morgan fingerprint density at radius 3 is 2.67 bits per heavy atom. The summed E-state index contributed by atoms with van der Waals surface area (Å²) in [4.78, 5) is 9.42. The highest BCUT2D eigenvalue weighted by molar-refractivity contribution is 5.86. The van der Waals surface area contributed by atoms with Crippen LogP contribution >= 0.6 is 0 Å². The Kier molecular flexibility index (Phi) is 4.03. The first-order chi connectivity index (χ1) is 11.3. The van der Waals surface area contributed by atoms with Gasteiger partial charge in [-0.2, -0.15) is 5.10 Å². The van der Waals surface area contributed by atoms with E-state index in [1.165, 1.54) is 0 Å². The Balaban J connectivity index is 2.01. The minimum absolute atomic E-state index is 0.0519. The fraction of sp³-hybridized carbons (Fsp3) is 0.529. The molecule has 0 fully saturated rings. The molecule has 128 valence electrons. The SMILES string of the molecule is CCc1cc([C@@H](C)Nc2nc(C(C)(C)C)nc3c2cnn3C)on1. The summed E-state index contributed by atoms with van der Waals surface area (Å²) in [7, 11) is 1.89. The van der Waals surface area contributed by atoms with Gasteiger partial charge in [0, 0.05) is 18.5 Å². The fourth-order valence-corrected chi connectivity index (χ4v) is 2.44. The summed E-state index contributed by atoms with van der Waals surface area (Å²) in [6.07, 6.45) is 2.64. The first-order valence-corrected chi connectivity index (χ1v) is 8.22. The maximum atomic E-state index is 5.43. The van der Waals surface area contributed by atoms with Gasteiger partial charge in [-0.3, -0.25) is 4.68 Å². The van der Waals surface area contributed by atoms with E-state index in [0.29, 0.717) is 0 Å². The van der Waals surface area contributed by atoms with Crippen LogP contribution < -0.4 is 5.32 Å². The standard InChI is InChI=1S/C17H24N6O/c1-7-11-8-13(24-22-11)10(2)19-14-12-9-18-23(6)15(12)21-16(20-14)17(3,4)5/h8-10H,7H2,1-6H3,(H,19,20,21)/t10-/m1/s1. The molecule has 7 heteroatoms. The average molecular weight is 328 g/mol. The summed E-state index contributed by atoms with van der Waals surface area (Å²) in [6.45, 7) is 10.4. The molecule has 0 spiro atoms. The van der Waals surface area contributed by atoms with Crippen LogP contribution in [0.3, 0.4) is 0 Å². The lowest BCUT2D eigenvalue weighted by Crippen LogP contribution is -2.18. The number of nitrogens with one attached hydrogen (secondary N) is 1. The van der Waals surface area contributed by atoms with E-state index in [4.69, 9.17) is 9.51 Å². The lowest BCUT2D eigenvalue weighted by atomic mass is 9.95. The first kappa shape index (κ1) is 16.4. The van der Waals surface area contributed by atoms with Gasteiger partial charge in [0.05, 0.1) is 23.3 Å². The fourth-order valence-electron chi connectivity index (χ4n) is 2.44. The zero-order valence-electron chi connectivity index (χ0n) is 15.1. The van der Waals surface area contributed by atoms with E-state index in [9.17, 15) is 0 Å². The van der Waals surface area contributed by atoms with E-state index in [1.807, 2.05) is 20.0 Å². The van der Waals surface area contributed by atoms with Crippen molar-refractivity contribution in [3.05, 3.63) is 29.5 Å². The van der Waals surface area contributed by atoms with Crippen molar-refractivity contribution in [1.29, 1.82) is 0 Å². The number of aryl methyl sites for hydroxylation is 2. The van der Waals surface area contributed by atoms with E-state index < -0.39 is 0 Å². The van der Waals surface area contributed by atoms with Crippen molar-refractivity contribution in [1.82, 2.24) is 24.9 Å². The molecule has 0 saturated carbocycles. The Hall–Kier alpha value is -2.44. The summed E-state index contributed by atoms with van der Waals surface area (Å²) in [5.41, 5.74) is 1.61. The third kappa shape index (κ3) is 2.98. The van der Waals surface area contributed by atoms with Crippen molar-refractivity contribution in [3.63, 3.8) is 0 Å². The van der Waals surface area contributed by atoms with E-state index >= 15 is 0 Å². The molecule has 0 amide bonds. The van der Waals surface area contributed by atoms with Crippen LogP contribution in [0.2, 0.25) is 0 Å². The highest BCUT2D eigenvalue weighted by Crippen LogP contribution is 2.28. The van der Waals surface area contributed by atoms with E-state index in [0.717, 1.165) is 40.6 Å². The van der Waals surface area contributed by atoms with Gasteiger partial charge in [0.15, 0.2) is 11.4 Å². The van der Waals surface area contributed by atoms with Gasteiger partial charge in [0.2, 0.25) is 0 Å². The smallest absolute Gasteiger partial charge is 0.163 e. The molecule has 1 atom stereocenters. The third-order valence-corrected chi connectivity index (χ3v) is 3.98. The second kappa shape index (κ2) is 5.89. The van der Waals surface area contributed by atoms with E-state index in [-0.39, 0.29) is 11.5 Å². The number of hydrogen-bond acceptors (Lipinski definition) is 6. The minimum Gasteiger partial charge on any atom is -0.360 e. The Morgan fingerprint density at radius 2 is 2.04 bits per heavy atom. The summed E-state index contributed by atoms with van der Waals surface area (Å²) >= 11 is 0. The van der Waals surface area contributed by atoms with Gasteiger partial charge in [-0.25, -0.2) is 9.97 Å². The van der Waals surface area contributed by atoms with Crippen molar-refractivity contribution in [2.45, 2.75) is 52.5 Å². The Labute approximate surface area is 141 Å². The van der Waals surface area contributed by atoms with Gasteiger partial charge < -0.3 is 9.84 Å². The predicted octanol–water partition coefficient (Wildman–Crippen LogP) is 3.38. The van der Waals surface area contributed by atoms with Crippen LogP contribution in [-0.2, 0) is 18.9 Å². The highest BCUT2D eigenvalue weighted by Gasteiger charge is 2.22. The molecule has 0 saturated heterocycles. The molecule has 0 unspecified atom stereocenters. The molecular weight excluding hydrogens is 304 g/mol. The zero-order chi connectivity index (χ0) is 17.5. The topological polar surface area (TPSA) is 81.7 Å². The van der Waals surface area contributed by atoms with Crippen LogP contribution in [0, 0.1) is 0 Å². The summed E-state index contributed by atoms with van der Waals surface area (Å²) in [5, 5.41) is 12.7. The second-order valence-corrected chi connectivity index (χ2v) is 7.09. The maximum Gasteiger partial charge on any atom is 0.163 e. The van der Waals surface area contributed by atoms with Crippen LogP contribution in [0.4, 0.5) is 5.82 Å². The lowest BCUT2D eigenvalue weighted by molar-refractivity contribution is 0.368.